The van der Waals surface area contributed by atoms with Crippen molar-refractivity contribution in [1.29, 1.82) is 0 Å². The smallest absolute Gasteiger partial charge is 0.278 e. The number of aliphatic hydroxyl groups is 2. The zero-order valence-corrected chi connectivity index (χ0v) is 20.3. The van der Waals surface area contributed by atoms with E-state index in [1.165, 1.54) is 34.4 Å². The number of nitrogens with one attached hydrogen (secondary N) is 2. The normalized spacial score (nSPS) is 31.1. The van der Waals surface area contributed by atoms with Crippen molar-refractivity contribution >= 4 is 22.3 Å². The van der Waals surface area contributed by atoms with Crippen LogP contribution in [-0.4, -0.2) is 86.5 Å². The summed E-state index contributed by atoms with van der Waals surface area (Å²) in [7, 11) is 0. The summed E-state index contributed by atoms with van der Waals surface area (Å²) in [6, 6.07) is 0. The average Bonchev–Trinajstić information content (AvgIpc) is 3.67. The van der Waals surface area contributed by atoms with Crippen molar-refractivity contribution < 1.29 is 28.5 Å². The number of imidazole rings is 2. The van der Waals surface area contributed by atoms with Gasteiger partial charge in [-0.1, -0.05) is 13.8 Å². The fourth-order valence-electron chi connectivity index (χ4n) is 4.71. The standard InChI is InChI=1S/C12H15FN4O2.C10H11FN4O4/c1-3-7-6(2)8(13)12(19-7)17-5-16-9-10(17)14-4-15-11(9)18;11-5-7(17)4(1-16)19-10(5)15-3-14-6-8(15)12-2-13-9(6)18/h4-8,12H,3H2,1-2H3,(H,14,15,18);2-5,7,10,16-17H,1H2,(H,12,13,18)/t6-,7-,8-,12-;4-,5-,7-,10-/m11/s1. The van der Waals surface area contributed by atoms with Crippen molar-refractivity contribution in [2.75, 3.05) is 6.61 Å². The molecule has 0 amide bonds. The van der Waals surface area contributed by atoms with Crippen LogP contribution in [0.15, 0.2) is 34.9 Å². The van der Waals surface area contributed by atoms with Crippen molar-refractivity contribution in [3.05, 3.63) is 46.0 Å². The van der Waals surface area contributed by atoms with Gasteiger partial charge >= 0.3 is 0 Å². The first kappa shape index (κ1) is 26.0. The van der Waals surface area contributed by atoms with Gasteiger partial charge in [-0.15, -0.1) is 0 Å². The first-order chi connectivity index (χ1) is 18.3. The number of hydrogen-bond acceptors (Lipinski definition) is 10. The van der Waals surface area contributed by atoms with Gasteiger partial charge < -0.3 is 29.7 Å². The molecule has 6 heterocycles. The van der Waals surface area contributed by atoms with Crippen LogP contribution in [0, 0.1) is 5.92 Å². The highest BCUT2D eigenvalue weighted by atomic mass is 19.1. The summed E-state index contributed by atoms with van der Waals surface area (Å²) in [6.07, 6.45) is -1.56. The van der Waals surface area contributed by atoms with Crippen LogP contribution in [0.3, 0.4) is 0 Å². The van der Waals surface area contributed by atoms with Crippen LogP contribution in [0.2, 0.25) is 0 Å². The number of aromatic amines is 2. The van der Waals surface area contributed by atoms with Crippen LogP contribution in [0.1, 0.15) is 32.7 Å². The van der Waals surface area contributed by atoms with Gasteiger partial charge in [-0.25, -0.2) is 28.7 Å². The Morgan fingerprint density at radius 3 is 1.84 bits per heavy atom. The molecule has 6 rings (SSSR count). The molecule has 14 nitrogen and oxygen atoms in total. The molecule has 0 unspecified atom stereocenters. The number of nitrogens with zero attached hydrogens (tertiary/aromatic N) is 6. The fraction of sp³-hybridized carbons (Fsp3) is 0.545. The van der Waals surface area contributed by atoms with E-state index in [1.807, 2.05) is 13.8 Å². The molecular weight excluding hydrogens is 510 g/mol. The van der Waals surface area contributed by atoms with E-state index in [0.717, 1.165) is 6.42 Å². The van der Waals surface area contributed by atoms with E-state index >= 15 is 0 Å². The Morgan fingerprint density at radius 2 is 1.39 bits per heavy atom. The summed E-state index contributed by atoms with van der Waals surface area (Å²) in [5.41, 5.74) is -0.0256. The molecule has 4 aromatic heterocycles. The van der Waals surface area contributed by atoms with E-state index in [0.29, 0.717) is 5.65 Å². The van der Waals surface area contributed by atoms with Gasteiger partial charge in [0.25, 0.3) is 11.1 Å². The summed E-state index contributed by atoms with van der Waals surface area (Å²) in [5.74, 6) is -0.186. The van der Waals surface area contributed by atoms with Gasteiger partial charge in [-0.05, 0) is 6.42 Å². The number of H-pyrrole nitrogens is 2. The van der Waals surface area contributed by atoms with Crippen LogP contribution >= 0.6 is 0 Å². The average molecular weight is 536 g/mol. The Labute approximate surface area is 212 Å². The Hall–Kier alpha value is -3.60. The maximum atomic E-state index is 14.3. The molecule has 4 N–H and O–H groups in total. The maximum absolute atomic E-state index is 14.3. The Balaban J connectivity index is 0.000000155. The number of alkyl halides is 2. The quantitative estimate of drug-likeness (QED) is 0.279. The number of halogens is 2. The molecule has 0 aliphatic carbocycles. The van der Waals surface area contributed by atoms with E-state index in [-0.39, 0.29) is 34.3 Å². The Kier molecular flexibility index (Phi) is 7.04. The number of aliphatic hydroxyl groups excluding tert-OH is 2. The lowest BCUT2D eigenvalue weighted by Gasteiger charge is -2.15. The fourth-order valence-corrected chi connectivity index (χ4v) is 4.71. The molecule has 2 fully saturated rings. The number of aromatic nitrogens is 8. The summed E-state index contributed by atoms with van der Waals surface area (Å²) in [5, 5.41) is 18.6. The van der Waals surface area contributed by atoms with Crippen molar-refractivity contribution in [1.82, 2.24) is 39.0 Å². The van der Waals surface area contributed by atoms with Crippen molar-refractivity contribution in [3.63, 3.8) is 0 Å². The number of ether oxygens (including phenoxy) is 2. The van der Waals surface area contributed by atoms with Crippen LogP contribution in [0.25, 0.3) is 22.3 Å². The second-order valence-electron chi connectivity index (χ2n) is 9.07. The first-order valence-electron chi connectivity index (χ1n) is 11.9. The van der Waals surface area contributed by atoms with Crippen molar-refractivity contribution in [2.24, 2.45) is 5.92 Å². The van der Waals surface area contributed by atoms with E-state index < -0.39 is 49.2 Å². The molecule has 8 atom stereocenters. The lowest BCUT2D eigenvalue weighted by Crippen LogP contribution is -2.30. The van der Waals surface area contributed by atoms with E-state index in [4.69, 9.17) is 14.6 Å². The molecule has 0 spiro atoms. The molecular formula is C22H26F2N8O6. The maximum Gasteiger partial charge on any atom is 0.278 e. The Bertz CT molecular complexity index is 1420. The monoisotopic (exact) mass is 536 g/mol. The lowest BCUT2D eigenvalue weighted by molar-refractivity contribution is -0.0459. The molecule has 2 saturated heterocycles. The van der Waals surface area contributed by atoms with E-state index in [2.05, 4.69) is 29.9 Å². The number of rotatable bonds is 4. The Morgan fingerprint density at radius 1 is 0.895 bits per heavy atom. The largest absolute Gasteiger partial charge is 0.394 e. The lowest BCUT2D eigenvalue weighted by atomic mass is 10.00. The molecule has 0 radical (unpaired) electrons. The van der Waals surface area contributed by atoms with Gasteiger partial charge in [0.15, 0.2) is 47.1 Å². The summed E-state index contributed by atoms with van der Waals surface area (Å²) in [4.78, 5) is 43.6. The SMILES string of the molecule is CC[C@H]1O[C@@H](n2cnc3c(=O)[nH]cnc32)[C@H](F)[C@@H]1C.O=c1[nH]cnc2c1ncn2[C@@H]1O[C@H](CO)[C@@H](O)[C@H]1F. The second-order valence-corrected chi connectivity index (χ2v) is 9.07. The topological polar surface area (TPSA) is 186 Å². The number of hydrogen-bond donors (Lipinski definition) is 4. The van der Waals surface area contributed by atoms with Gasteiger partial charge in [-0.2, -0.15) is 0 Å². The minimum Gasteiger partial charge on any atom is -0.394 e. The van der Waals surface area contributed by atoms with Crippen LogP contribution in [0.5, 0.6) is 0 Å². The highest BCUT2D eigenvalue weighted by molar-refractivity contribution is 5.69. The van der Waals surface area contributed by atoms with Crippen molar-refractivity contribution in [2.45, 2.75) is 63.4 Å². The molecule has 4 aromatic rings. The zero-order valence-electron chi connectivity index (χ0n) is 20.3. The third-order valence-corrected chi connectivity index (χ3v) is 6.83. The molecule has 0 bridgehead atoms. The first-order valence-corrected chi connectivity index (χ1v) is 11.9. The molecule has 204 valence electrons. The minimum absolute atomic E-state index is 0.0558. The third kappa shape index (κ3) is 4.28. The van der Waals surface area contributed by atoms with Crippen LogP contribution < -0.4 is 11.1 Å². The summed E-state index contributed by atoms with van der Waals surface area (Å²) in [6.45, 7) is 3.29. The predicted octanol–water partition coefficient (Wildman–Crippen LogP) is 0.110. The van der Waals surface area contributed by atoms with Crippen LogP contribution in [0.4, 0.5) is 8.78 Å². The van der Waals surface area contributed by atoms with Crippen molar-refractivity contribution in [3.8, 4) is 0 Å². The molecule has 2 aliphatic heterocycles. The molecule has 0 saturated carbocycles. The highest BCUT2D eigenvalue weighted by Gasteiger charge is 2.45. The number of fused-ring (bicyclic) bond motifs is 2. The zero-order chi connectivity index (χ0) is 27.1. The molecule has 16 heteroatoms. The van der Waals surface area contributed by atoms with E-state index in [9.17, 15) is 23.5 Å². The predicted molar refractivity (Wildman–Crippen MR) is 126 cm³/mol. The molecule has 0 aromatic carbocycles. The summed E-state index contributed by atoms with van der Waals surface area (Å²) < 4.78 is 42.0. The van der Waals surface area contributed by atoms with E-state index in [1.54, 1.807) is 0 Å². The van der Waals surface area contributed by atoms with Gasteiger partial charge in [0.1, 0.15) is 12.2 Å². The van der Waals surface area contributed by atoms with Gasteiger partial charge in [0.05, 0.1) is 38.0 Å². The van der Waals surface area contributed by atoms with Crippen LogP contribution in [-0.2, 0) is 9.47 Å². The minimum atomic E-state index is -1.74. The third-order valence-electron chi connectivity index (χ3n) is 6.83. The second kappa shape index (κ2) is 10.3. The summed E-state index contributed by atoms with van der Waals surface area (Å²) >= 11 is 0. The molecule has 2 aliphatic rings. The van der Waals surface area contributed by atoms with Gasteiger partial charge in [0, 0.05) is 5.92 Å². The molecule has 38 heavy (non-hydrogen) atoms. The van der Waals surface area contributed by atoms with Gasteiger partial charge in [-0.3, -0.25) is 18.7 Å². The van der Waals surface area contributed by atoms with Gasteiger partial charge in [0.2, 0.25) is 0 Å². The highest BCUT2D eigenvalue weighted by Crippen LogP contribution is 2.38.